The molecular weight excluding hydrogens is 328 g/mol. The quantitative estimate of drug-likeness (QED) is 0.313. The molecule has 0 saturated carbocycles. The van der Waals surface area contributed by atoms with Crippen LogP contribution in [0.25, 0.3) is 0 Å². The highest BCUT2D eigenvalue weighted by atomic mass is 16.6. The molecule has 4 unspecified atom stereocenters. The molecule has 4 atom stereocenters. The van der Waals surface area contributed by atoms with E-state index in [9.17, 15) is 14.4 Å². The smallest absolute Gasteiger partial charge is 0.414 e. The molecule has 3 aliphatic heterocycles. The lowest BCUT2D eigenvalue weighted by molar-refractivity contribution is -0.142. The molecule has 0 aromatic carbocycles. The number of alkyl carbamates (subject to hydrolysis) is 1. The summed E-state index contributed by atoms with van der Waals surface area (Å²) in [7, 11) is 0. The van der Waals surface area contributed by atoms with Crippen molar-refractivity contribution in [2.75, 3.05) is 13.1 Å². The van der Waals surface area contributed by atoms with Crippen molar-refractivity contribution < 1.29 is 23.9 Å². The van der Waals surface area contributed by atoms with Crippen LogP contribution in [0.1, 0.15) is 20.8 Å². The van der Waals surface area contributed by atoms with E-state index in [0.717, 1.165) is 0 Å². The number of fused-ring (bicyclic) bond motifs is 5. The number of nitrogens with zero attached hydrogens (tertiary/aromatic N) is 2. The Morgan fingerprint density at radius 1 is 1.28 bits per heavy atom. The molecule has 0 aliphatic carbocycles. The molecule has 0 radical (unpaired) electrons. The number of hydrogen-bond donors (Lipinski definition) is 2. The Morgan fingerprint density at radius 2 is 1.84 bits per heavy atom. The Hall–Kier alpha value is -2.42. The van der Waals surface area contributed by atoms with Crippen LogP contribution in [0.5, 0.6) is 0 Å². The van der Waals surface area contributed by atoms with Gasteiger partial charge in [0.05, 0.1) is 30.6 Å². The van der Waals surface area contributed by atoms with Crippen LogP contribution >= 0.6 is 0 Å². The first-order chi connectivity index (χ1) is 11.7. The summed E-state index contributed by atoms with van der Waals surface area (Å²) < 4.78 is 10.6. The second-order valence-electron chi connectivity index (χ2n) is 7.22. The number of guanidine groups is 1. The SMILES string of the molecule is CC(C)(C)OC(=O)NC(N)=NCCN1C(=O)C2C3C=CC(O3)C2C1=O. The summed E-state index contributed by atoms with van der Waals surface area (Å²) in [6.07, 6.45) is 2.34. The average Bonchev–Trinajstić information content (AvgIpc) is 3.14. The highest BCUT2D eigenvalue weighted by Gasteiger charge is 2.60. The number of carbonyl (C=O) groups is 3. The summed E-state index contributed by atoms with van der Waals surface area (Å²) in [5.74, 6) is -1.45. The molecule has 3 N–H and O–H groups in total. The number of amides is 3. The minimum Gasteiger partial charge on any atom is -0.444 e. The van der Waals surface area contributed by atoms with Crippen LogP contribution in [-0.4, -0.2) is 59.7 Å². The predicted octanol–water partition coefficient (Wildman–Crippen LogP) is -0.236. The van der Waals surface area contributed by atoms with Gasteiger partial charge in [0.1, 0.15) is 5.60 Å². The van der Waals surface area contributed by atoms with Crippen molar-refractivity contribution >= 4 is 23.9 Å². The molecule has 9 nitrogen and oxygen atoms in total. The Labute approximate surface area is 145 Å². The minimum atomic E-state index is -0.712. The van der Waals surface area contributed by atoms with Gasteiger partial charge in [-0.3, -0.25) is 24.8 Å². The monoisotopic (exact) mass is 350 g/mol. The highest BCUT2D eigenvalue weighted by molar-refractivity contribution is 6.06. The molecule has 136 valence electrons. The normalized spacial score (nSPS) is 30.8. The first-order valence-corrected chi connectivity index (χ1v) is 8.16. The number of likely N-dealkylation sites (tertiary alicyclic amines) is 1. The van der Waals surface area contributed by atoms with Crippen LogP contribution in [-0.2, 0) is 19.1 Å². The molecule has 2 saturated heterocycles. The number of nitrogens with two attached hydrogens (primary N) is 1. The van der Waals surface area contributed by atoms with Gasteiger partial charge in [-0.1, -0.05) is 12.2 Å². The third kappa shape index (κ3) is 3.37. The number of ether oxygens (including phenoxy) is 2. The maximum Gasteiger partial charge on any atom is 0.414 e. The van der Waals surface area contributed by atoms with Gasteiger partial charge < -0.3 is 15.2 Å². The average molecular weight is 350 g/mol. The Bertz CT molecular complexity index is 636. The predicted molar refractivity (Wildman–Crippen MR) is 87.4 cm³/mol. The highest BCUT2D eigenvalue weighted by Crippen LogP contribution is 2.44. The standard InChI is InChI=1S/C16H22N4O5/c1-16(2,3)25-15(23)19-14(17)18-6-7-20-12(21)10-8-4-5-9(24-8)11(10)13(20)22/h4-5,8-11H,6-7H2,1-3H3,(H3,17,18,19,23). The lowest BCUT2D eigenvalue weighted by atomic mass is 9.85. The first-order valence-electron chi connectivity index (χ1n) is 8.16. The third-order valence-corrected chi connectivity index (χ3v) is 4.24. The number of carbonyl (C=O) groups excluding carboxylic acids is 3. The van der Waals surface area contributed by atoms with Crippen molar-refractivity contribution in [3.8, 4) is 0 Å². The summed E-state index contributed by atoms with van der Waals surface area (Å²) >= 11 is 0. The summed E-state index contributed by atoms with van der Waals surface area (Å²) in [5.41, 5.74) is 4.97. The van der Waals surface area contributed by atoms with Gasteiger partial charge in [-0.25, -0.2) is 4.79 Å². The molecule has 0 aromatic heterocycles. The second kappa shape index (κ2) is 6.14. The summed E-state index contributed by atoms with van der Waals surface area (Å²) in [6.45, 7) is 5.40. The molecule has 3 rings (SSSR count). The van der Waals surface area contributed by atoms with E-state index in [1.165, 1.54) is 4.90 Å². The van der Waals surface area contributed by atoms with Crippen molar-refractivity contribution in [1.29, 1.82) is 0 Å². The van der Waals surface area contributed by atoms with Crippen molar-refractivity contribution in [1.82, 2.24) is 10.2 Å². The van der Waals surface area contributed by atoms with Crippen molar-refractivity contribution in [2.24, 2.45) is 22.6 Å². The zero-order valence-electron chi connectivity index (χ0n) is 14.4. The molecule has 3 heterocycles. The van der Waals surface area contributed by atoms with Crippen LogP contribution < -0.4 is 11.1 Å². The molecule has 2 fully saturated rings. The molecule has 3 amide bonds. The van der Waals surface area contributed by atoms with Gasteiger partial charge in [0.15, 0.2) is 5.96 Å². The van der Waals surface area contributed by atoms with Crippen LogP contribution in [0, 0.1) is 11.8 Å². The minimum absolute atomic E-state index is 0.0994. The zero-order valence-corrected chi connectivity index (χ0v) is 14.4. The Morgan fingerprint density at radius 3 is 2.36 bits per heavy atom. The van der Waals surface area contributed by atoms with Gasteiger partial charge in [-0.15, -0.1) is 0 Å². The van der Waals surface area contributed by atoms with Gasteiger partial charge >= 0.3 is 6.09 Å². The summed E-state index contributed by atoms with van der Waals surface area (Å²) in [4.78, 5) is 41.6. The zero-order chi connectivity index (χ0) is 18.4. The molecule has 0 spiro atoms. The molecule has 3 aliphatic rings. The molecular formula is C16H22N4O5. The van der Waals surface area contributed by atoms with Gasteiger partial charge in [0.25, 0.3) is 0 Å². The van der Waals surface area contributed by atoms with E-state index in [2.05, 4.69) is 10.3 Å². The lowest BCUT2D eigenvalue weighted by Crippen LogP contribution is -2.41. The number of aliphatic imine (C=N–C) groups is 1. The van der Waals surface area contributed by atoms with E-state index in [0.29, 0.717) is 0 Å². The van der Waals surface area contributed by atoms with Crippen molar-refractivity contribution in [3.63, 3.8) is 0 Å². The lowest BCUT2D eigenvalue weighted by Gasteiger charge is -2.19. The van der Waals surface area contributed by atoms with Gasteiger partial charge in [0, 0.05) is 6.54 Å². The van der Waals surface area contributed by atoms with E-state index in [-0.39, 0.29) is 43.1 Å². The molecule has 2 bridgehead atoms. The topological polar surface area (TPSA) is 123 Å². The van der Waals surface area contributed by atoms with Crippen LogP contribution in [0.2, 0.25) is 0 Å². The fraction of sp³-hybridized carbons (Fsp3) is 0.625. The van der Waals surface area contributed by atoms with Crippen LogP contribution in [0.15, 0.2) is 17.1 Å². The molecule has 0 aromatic rings. The number of rotatable bonds is 3. The Balaban J connectivity index is 1.52. The van der Waals surface area contributed by atoms with Crippen LogP contribution in [0.4, 0.5) is 4.79 Å². The molecule has 25 heavy (non-hydrogen) atoms. The second-order valence-corrected chi connectivity index (χ2v) is 7.22. The van der Waals surface area contributed by atoms with E-state index >= 15 is 0 Å². The van der Waals surface area contributed by atoms with Gasteiger partial charge in [-0.05, 0) is 20.8 Å². The summed E-state index contributed by atoms with van der Waals surface area (Å²) in [5, 5.41) is 2.30. The maximum absolute atomic E-state index is 12.4. The van der Waals surface area contributed by atoms with Gasteiger partial charge in [0.2, 0.25) is 11.8 Å². The third-order valence-electron chi connectivity index (χ3n) is 4.24. The molecule has 9 heteroatoms. The summed E-state index contributed by atoms with van der Waals surface area (Å²) in [6, 6.07) is 0. The van der Waals surface area contributed by atoms with E-state index in [1.54, 1.807) is 20.8 Å². The Kier molecular flexibility index (Phi) is 4.28. The van der Waals surface area contributed by atoms with Crippen molar-refractivity contribution in [3.05, 3.63) is 12.2 Å². The largest absolute Gasteiger partial charge is 0.444 e. The van der Waals surface area contributed by atoms with Crippen molar-refractivity contribution in [2.45, 2.75) is 38.6 Å². The van der Waals surface area contributed by atoms with E-state index < -0.39 is 23.5 Å². The number of imide groups is 1. The number of nitrogens with one attached hydrogen (secondary N) is 1. The van der Waals surface area contributed by atoms with Crippen LogP contribution in [0.3, 0.4) is 0 Å². The first kappa shape index (κ1) is 17.4. The van der Waals surface area contributed by atoms with E-state index in [1.807, 2.05) is 12.2 Å². The fourth-order valence-corrected chi connectivity index (χ4v) is 3.30. The number of hydrogen-bond acceptors (Lipinski definition) is 6. The van der Waals surface area contributed by atoms with Gasteiger partial charge in [-0.2, -0.15) is 0 Å². The fourth-order valence-electron chi connectivity index (χ4n) is 3.30. The maximum atomic E-state index is 12.4. The van der Waals surface area contributed by atoms with E-state index in [4.69, 9.17) is 15.2 Å².